The highest BCUT2D eigenvalue weighted by atomic mass is 16.5. The zero-order valence-corrected chi connectivity index (χ0v) is 15.0. The fourth-order valence-electron chi connectivity index (χ4n) is 2.49. The topological polar surface area (TPSA) is 70.5 Å². The number of hydrogen-bond donors (Lipinski definition) is 0. The second-order valence-electron chi connectivity index (χ2n) is 5.45. The van der Waals surface area contributed by atoms with Gasteiger partial charge in [-0.2, -0.15) is 4.98 Å². The normalized spacial score (nSPS) is 11.0. The van der Waals surface area contributed by atoms with Crippen LogP contribution in [0.25, 0.3) is 16.8 Å². The van der Waals surface area contributed by atoms with E-state index in [4.69, 9.17) is 14.2 Å². The Morgan fingerprint density at radius 3 is 2.44 bits per heavy atom. The van der Waals surface area contributed by atoms with Crippen LogP contribution in [0.5, 0.6) is 11.8 Å². The largest absolute Gasteiger partial charge is 0.503 e. The third-order valence-corrected chi connectivity index (χ3v) is 3.72. The number of benzene rings is 2. The minimum Gasteiger partial charge on any atom is -0.503 e. The molecule has 0 atom stereocenters. The minimum atomic E-state index is -0.535. The van der Waals surface area contributed by atoms with Gasteiger partial charge in [-0.1, -0.05) is 48.5 Å². The number of nitrogens with zero attached hydrogens (tertiary/aromatic N) is 2. The van der Waals surface area contributed by atoms with Crippen LogP contribution in [0.3, 0.4) is 0 Å². The molecule has 2 aromatic carbocycles. The van der Waals surface area contributed by atoms with Crippen LogP contribution in [-0.2, 0) is 14.3 Å². The highest BCUT2D eigenvalue weighted by molar-refractivity contribution is 6.17. The van der Waals surface area contributed by atoms with E-state index in [1.807, 2.05) is 30.3 Å². The van der Waals surface area contributed by atoms with Gasteiger partial charge in [0.1, 0.15) is 11.3 Å². The van der Waals surface area contributed by atoms with E-state index in [2.05, 4.69) is 9.97 Å². The van der Waals surface area contributed by atoms with Crippen molar-refractivity contribution in [1.29, 1.82) is 0 Å². The molecule has 0 aliphatic heterocycles. The third-order valence-electron chi connectivity index (χ3n) is 3.72. The molecule has 0 unspecified atom stereocenters. The molecule has 0 aliphatic carbocycles. The lowest BCUT2D eigenvalue weighted by Gasteiger charge is -2.12. The summed E-state index contributed by atoms with van der Waals surface area (Å²) in [4.78, 5) is 20.7. The fourth-order valence-corrected chi connectivity index (χ4v) is 2.49. The molecule has 3 aromatic rings. The van der Waals surface area contributed by atoms with Crippen LogP contribution in [0.2, 0.25) is 0 Å². The molecular weight excluding hydrogens is 344 g/mol. The highest BCUT2D eigenvalue weighted by Gasteiger charge is 2.18. The highest BCUT2D eigenvalue weighted by Crippen LogP contribution is 2.30. The van der Waals surface area contributed by atoms with Gasteiger partial charge in [0.15, 0.2) is 0 Å². The smallest absolute Gasteiger partial charge is 0.341 e. The summed E-state index contributed by atoms with van der Waals surface area (Å²) in [6, 6.07) is 18.7. The van der Waals surface area contributed by atoms with Gasteiger partial charge < -0.3 is 14.2 Å². The lowest BCUT2D eigenvalue weighted by molar-refractivity contribution is -0.133. The molecule has 0 aliphatic rings. The number of hydrogen-bond acceptors (Lipinski definition) is 6. The van der Waals surface area contributed by atoms with Crippen LogP contribution in [0, 0.1) is 0 Å². The van der Waals surface area contributed by atoms with Gasteiger partial charge in [0.2, 0.25) is 0 Å². The summed E-state index contributed by atoms with van der Waals surface area (Å²) >= 11 is 0. The van der Waals surface area contributed by atoms with E-state index in [1.54, 1.807) is 36.5 Å². The van der Waals surface area contributed by atoms with Crippen LogP contribution in [0.4, 0.5) is 0 Å². The molecule has 1 aromatic heterocycles. The van der Waals surface area contributed by atoms with Crippen molar-refractivity contribution in [3.05, 3.63) is 78.7 Å². The number of aromatic nitrogens is 2. The Labute approximate surface area is 157 Å². The van der Waals surface area contributed by atoms with Gasteiger partial charge in [-0.15, -0.1) is 0 Å². The summed E-state index contributed by atoms with van der Waals surface area (Å²) in [6.45, 7) is 0. The van der Waals surface area contributed by atoms with Gasteiger partial charge in [-0.05, 0) is 12.1 Å². The molecule has 0 amide bonds. The van der Waals surface area contributed by atoms with E-state index in [-0.39, 0.29) is 11.6 Å². The van der Waals surface area contributed by atoms with Crippen molar-refractivity contribution >= 4 is 11.5 Å². The van der Waals surface area contributed by atoms with Gasteiger partial charge in [0.05, 0.1) is 26.2 Å². The van der Waals surface area contributed by atoms with E-state index >= 15 is 0 Å². The first-order chi connectivity index (χ1) is 13.2. The predicted octanol–water partition coefficient (Wildman–Crippen LogP) is 4.10. The summed E-state index contributed by atoms with van der Waals surface area (Å²) in [6.07, 6.45) is 2.94. The van der Waals surface area contributed by atoms with Crippen molar-refractivity contribution in [1.82, 2.24) is 9.97 Å². The third kappa shape index (κ3) is 4.30. The molecule has 0 bridgehead atoms. The summed E-state index contributed by atoms with van der Waals surface area (Å²) in [5.74, 6) is -0.122. The van der Waals surface area contributed by atoms with Crippen molar-refractivity contribution in [2.45, 2.75) is 0 Å². The fraction of sp³-hybridized carbons (Fsp3) is 0.0952. The molecular formula is C21H18N2O4. The number of carbonyl (C=O) groups is 1. The Kier molecular flexibility index (Phi) is 5.79. The number of rotatable bonds is 6. The Bertz CT molecular complexity index is 955. The standard InChI is InChI=1S/C21H18N2O4/c1-25-14-17(20(24)26-2)16-10-6-7-11-19(16)27-21-22-13-12-18(23-21)15-8-4-3-5-9-15/h3-14H,1-2H3/b17-14+. The van der Waals surface area contributed by atoms with Crippen LogP contribution in [0.1, 0.15) is 5.56 Å². The molecule has 0 spiro atoms. The van der Waals surface area contributed by atoms with Crippen LogP contribution in [0.15, 0.2) is 73.1 Å². The van der Waals surface area contributed by atoms with Crippen LogP contribution >= 0.6 is 0 Å². The first kappa shape index (κ1) is 18.1. The Balaban J connectivity index is 1.96. The lowest BCUT2D eigenvalue weighted by Crippen LogP contribution is -2.06. The van der Waals surface area contributed by atoms with E-state index in [9.17, 15) is 4.79 Å². The van der Waals surface area contributed by atoms with Crippen molar-refractivity contribution in [2.75, 3.05) is 14.2 Å². The monoisotopic (exact) mass is 362 g/mol. The molecule has 1 heterocycles. The Morgan fingerprint density at radius 2 is 1.70 bits per heavy atom. The summed E-state index contributed by atoms with van der Waals surface area (Å²) in [5.41, 5.74) is 2.43. The molecule has 136 valence electrons. The maximum atomic E-state index is 12.1. The molecule has 0 N–H and O–H groups in total. The molecule has 6 heteroatoms. The quantitative estimate of drug-likeness (QED) is 0.374. The van der Waals surface area contributed by atoms with Crippen LogP contribution in [-0.4, -0.2) is 30.2 Å². The van der Waals surface area contributed by atoms with E-state index in [0.717, 1.165) is 11.3 Å². The maximum Gasteiger partial charge on any atom is 0.341 e. The first-order valence-electron chi connectivity index (χ1n) is 8.20. The average molecular weight is 362 g/mol. The maximum absolute atomic E-state index is 12.1. The zero-order valence-electron chi connectivity index (χ0n) is 15.0. The van der Waals surface area contributed by atoms with Gasteiger partial charge in [-0.3, -0.25) is 0 Å². The molecule has 6 nitrogen and oxygen atoms in total. The van der Waals surface area contributed by atoms with Crippen molar-refractivity contribution in [2.24, 2.45) is 0 Å². The Hall–Kier alpha value is -3.67. The summed E-state index contributed by atoms with van der Waals surface area (Å²) < 4.78 is 15.7. The summed E-state index contributed by atoms with van der Waals surface area (Å²) in [7, 11) is 2.76. The van der Waals surface area contributed by atoms with Gasteiger partial charge in [-0.25, -0.2) is 9.78 Å². The number of methoxy groups -OCH3 is 2. The number of ether oxygens (including phenoxy) is 3. The Morgan fingerprint density at radius 1 is 0.963 bits per heavy atom. The SMILES string of the molecule is CO/C=C(/C(=O)OC)c1ccccc1Oc1nccc(-c2ccccc2)n1. The molecule has 27 heavy (non-hydrogen) atoms. The number of carbonyl (C=O) groups excluding carboxylic acids is 1. The molecule has 0 radical (unpaired) electrons. The predicted molar refractivity (Wildman–Crippen MR) is 101 cm³/mol. The van der Waals surface area contributed by atoms with Crippen molar-refractivity contribution in [3.8, 4) is 23.0 Å². The van der Waals surface area contributed by atoms with Crippen molar-refractivity contribution in [3.63, 3.8) is 0 Å². The average Bonchev–Trinajstić information content (AvgIpc) is 2.73. The van der Waals surface area contributed by atoms with Crippen molar-refractivity contribution < 1.29 is 19.0 Å². The summed E-state index contributed by atoms with van der Waals surface area (Å²) in [5, 5.41) is 0. The lowest BCUT2D eigenvalue weighted by atomic mass is 10.1. The van der Waals surface area contributed by atoms with Gasteiger partial charge >= 0.3 is 12.0 Å². The van der Waals surface area contributed by atoms with Gasteiger partial charge in [0.25, 0.3) is 0 Å². The van der Waals surface area contributed by atoms with E-state index in [1.165, 1.54) is 20.5 Å². The molecule has 0 saturated carbocycles. The second kappa shape index (κ2) is 8.62. The van der Waals surface area contributed by atoms with E-state index in [0.29, 0.717) is 11.3 Å². The number of para-hydroxylation sites is 1. The zero-order chi connectivity index (χ0) is 19.1. The van der Waals surface area contributed by atoms with Crippen LogP contribution < -0.4 is 4.74 Å². The molecule has 3 rings (SSSR count). The first-order valence-corrected chi connectivity index (χ1v) is 8.20. The van der Waals surface area contributed by atoms with E-state index < -0.39 is 5.97 Å². The second-order valence-corrected chi connectivity index (χ2v) is 5.45. The molecule has 0 fully saturated rings. The number of esters is 1. The minimum absolute atomic E-state index is 0.172. The van der Waals surface area contributed by atoms with Gasteiger partial charge in [0, 0.05) is 17.3 Å². The molecule has 0 saturated heterocycles.